The molecule has 0 saturated heterocycles. The van der Waals surface area contributed by atoms with Crippen molar-refractivity contribution in [1.82, 2.24) is 0 Å². The molecular formula is C10H7FO2S. The van der Waals surface area contributed by atoms with E-state index in [1.807, 2.05) is 0 Å². The average molecular weight is 210 g/mol. The van der Waals surface area contributed by atoms with Crippen molar-refractivity contribution in [3.8, 4) is 0 Å². The molecule has 0 aliphatic rings. The molecule has 0 bridgehead atoms. The Morgan fingerprint density at radius 3 is 3.00 bits per heavy atom. The Hall–Kier alpha value is -1.42. The van der Waals surface area contributed by atoms with Gasteiger partial charge in [0.15, 0.2) is 0 Å². The molecule has 0 aliphatic carbocycles. The zero-order chi connectivity index (χ0) is 10.1. The fourth-order valence-electron chi connectivity index (χ4n) is 1.35. The predicted molar refractivity (Wildman–Crippen MR) is 53.1 cm³/mol. The monoisotopic (exact) mass is 210 g/mol. The molecule has 14 heavy (non-hydrogen) atoms. The highest BCUT2D eigenvalue weighted by Crippen LogP contribution is 2.26. The maximum atomic E-state index is 12.9. The van der Waals surface area contributed by atoms with E-state index >= 15 is 0 Å². The topological polar surface area (TPSA) is 37.3 Å². The Kier molecular flexibility index (Phi) is 2.21. The Balaban J connectivity index is 2.55. The van der Waals surface area contributed by atoms with Crippen LogP contribution in [0.15, 0.2) is 23.6 Å². The molecule has 1 aromatic heterocycles. The van der Waals surface area contributed by atoms with Gasteiger partial charge < -0.3 is 5.11 Å². The minimum Gasteiger partial charge on any atom is -0.481 e. The summed E-state index contributed by atoms with van der Waals surface area (Å²) in [4.78, 5) is 10.5. The Labute approximate surface area is 83.6 Å². The number of hydrogen-bond donors (Lipinski definition) is 1. The summed E-state index contributed by atoms with van der Waals surface area (Å²) in [6.07, 6.45) is -0.0521. The summed E-state index contributed by atoms with van der Waals surface area (Å²) in [5, 5.41) is 11.1. The van der Waals surface area contributed by atoms with Gasteiger partial charge in [-0.3, -0.25) is 4.79 Å². The summed E-state index contributed by atoms with van der Waals surface area (Å²) in [7, 11) is 0. The van der Waals surface area contributed by atoms with Crippen LogP contribution < -0.4 is 0 Å². The molecule has 72 valence electrons. The van der Waals surface area contributed by atoms with E-state index in [9.17, 15) is 9.18 Å². The van der Waals surface area contributed by atoms with Crippen LogP contribution in [0.4, 0.5) is 4.39 Å². The number of fused-ring (bicyclic) bond motifs is 1. The highest BCUT2D eigenvalue weighted by molar-refractivity contribution is 7.17. The quantitative estimate of drug-likeness (QED) is 0.827. The van der Waals surface area contributed by atoms with Gasteiger partial charge >= 0.3 is 5.97 Å². The highest BCUT2D eigenvalue weighted by Gasteiger charge is 2.08. The van der Waals surface area contributed by atoms with Gasteiger partial charge in [-0.15, -0.1) is 11.3 Å². The molecule has 0 amide bonds. The zero-order valence-electron chi connectivity index (χ0n) is 7.16. The molecule has 2 nitrogen and oxygen atoms in total. The van der Waals surface area contributed by atoms with Crippen LogP contribution in [0.2, 0.25) is 0 Å². The number of hydrogen-bond acceptors (Lipinski definition) is 2. The first kappa shape index (κ1) is 9.15. The van der Waals surface area contributed by atoms with E-state index in [0.717, 1.165) is 4.70 Å². The second-order valence-corrected chi connectivity index (χ2v) is 3.88. The molecule has 0 unspecified atom stereocenters. The van der Waals surface area contributed by atoms with E-state index in [4.69, 9.17) is 5.11 Å². The van der Waals surface area contributed by atoms with Gasteiger partial charge in [-0.25, -0.2) is 4.39 Å². The third-order valence-electron chi connectivity index (χ3n) is 1.96. The van der Waals surface area contributed by atoms with Crippen molar-refractivity contribution in [3.63, 3.8) is 0 Å². The number of carbonyl (C=O) groups is 1. The van der Waals surface area contributed by atoms with Crippen LogP contribution in [-0.2, 0) is 11.2 Å². The standard InChI is InChI=1S/C10H7FO2S/c11-7-1-2-9-8(4-7)6(5-14-9)3-10(12)13/h1-2,4-5H,3H2,(H,12,13). The van der Waals surface area contributed by atoms with Crippen molar-refractivity contribution in [2.75, 3.05) is 0 Å². The number of halogens is 1. The van der Waals surface area contributed by atoms with E-state index in [0.29, 0.717) is 10.9 Å². The molecule has 0 spiro atoms. The van der Waals surface area contributed by atoms with Crippen molar-refractivity contribution in [2.45, 2.75) is 6.42 Å². The zero-order valence-corrected chi connectivity index (χ0v) is 7.97. The molecule has 1 aromatic carbocycles. The predicted octanol–water partition coefficient (Wildman–Crippen LogP) is 2.67. The fourth-order valence-corrected chi connectivity index (χ4v) is 2.30. The molecule has 0 saturated carbocycles. The van der Waals surface area contributed by atoms with Gasteiger partial charge in [0.25, 0.3) is 0 Å². The van der Waals surface area contributed by atoms with Gasteiger partial charge in [-0.1, -0.05) is 0 Å². The minimum absolute atomic E-state index is 0.0521. The number of aliphatic carboxylic acids is 1. The van der Waals surface area contributed by atoms with E-state index in [1.54, 1.807) is 11.4 Å². The fraction of sp³-hybridized carbons (Fsp3) is 0.100. The second-order valence-electron chi connectivity index (χ2n) is 2.97. The second kappa shape index (κ2) is 3.38. The van der Waals surface area contributed by atoms with Crippen LogP contribution in [0, 0.1) is 5.82 Å². The maximum absolute atomic E-state index is 12.9. The molecule has 0 radical (unpaired) electrons. The van der Waals surface area contributed by atoms with Crippen LogP contribution in [0.3, 0.4) is 0 Å². The van der Waals surface area contributed by atoms with Gasteiger partial charge in [0.2, 0.25) is 0 Å². The van der Waals surface area contributed by atoms with Crippen LogP contribution in [0.25, 0.3) is 10.1 Å². The van der Waals surface area contributed by atoms with Crippen molar-refractivity contribution >= 4 is 27.4 Å². The number of rotatable bonds is 2. The first-order valence-corrected chi connectivity index (χ1v) is 4.92. The number of thiophene rings is 1. The van der Waals surface area contributed by atoms with Crippen LogP contribution >= 0.6 is 11.3 Å². The summed E-state index contributed by atoms with van der Waals surface area (Å²) in [6.45, 7) is 0. The van der Waals surface area contributed by atoms with Crippen molar-refractivity contribution in [2.24, 2.45) is 0 Å². The Morgan fingerprint density at radius 1 is 1.50 bits per heavy atom. The molecule has 2 rings (SSSR count). The van der Waals surface area contributed by atoms with Crippen LogP contribution in [-0.4, -0.2) is 11.1 Å². The summed E-state index contributed by atoms with van der Waals surface area (Å²) in [5.74, 6) is -1.23. The van der Waals surface area contributed by atoms with Gasteiger partial charge in [0.05, 0.1) is 6.42 Å². The summed E-state index contributed by atoms with van der Waals surface area (Å²) < 4.78 is 13.8. The first-order chi connectivity index (χ1) is 6.66. The molecule has 0 aliphatic heterocycles. The van der Waals surface area contributed by atoms with E-state index in [2.05, 4.69) is 0 Å². The Morgan fingerprint density at radius 2 is 2.29 bits per heavy atom. The first-order valence-electron chi connectivity index (χ1n) is 4.04. The van der Waals surface area contributed by atoms with Crippen LogP contribution in [0.1, 0.15) is 5.56 Å². The third-order valence-corrected chi connectivity index (χ3v) is 2.97. The van der Waals surface area contributed by atoms with Crippen molar-refractivity contribution in [3.05, 3.63) is 35.0 Å². The van der Waals surface area contributed by atoms with Gasteiger partial charge in [-0.05, 0) is 34.5 Å². The number of benzene rings is 1. The number of carboxylic acids is 1. The summed E-state index contributed by atoms with van der Waals surface area (Å²) >= 11 is 1.43. The lowest BCUT2D eigenvalue weighted by atomic mass is 10.1. The number of carboxylic acid groups (broad SMARTS) is 1. The third kappa shape index (κ3) is 1.61. The van der Waals surface area contributed by atoms with Crippen LogP contribution in [0.5, 0.6) is 0 Å². The normalized spacial score (nSPS) is 10.6. The average Bonchev–Trinajstić information content (AvgIpc) is 2.47. The molecule has 0 atom stereocenters. The summed E-state index contributed by atoms with van der Waals surface area (Å²) in [6, 6.07) is 4.42. The van der Waals surface area contributed by atoms with E-state index in [1.165, 1.54) is 23.5 Å². The molecular weight excluding hydrogens is 203 g/mol. The lowest BCUT2D eigenvalue weighted by Crippen LogP contribution is -1.98. The minimum atomic E-state index is -0.894. The highest BCUT2D eigenvalue weighted by atomic mass is 32.1. The van der Waals surface area contributed by atoms with Crippen molar-refractivity contribution < 1.29 is 14.3 Å². The SMILES string of the molecule is O=C(O)Cc1csc2ccc(F)cc12. The van der Waals surface area contributed by atoms with Gasteiger partial charge in [-0.2, -0.15) is 0 Å². The molecule has 0 fully saturated rings. The molecule has 4 heteroatoms. The molecule has 2 aromatic rings. The summed E-state index contributed by atoms with van der Waals surface area (Å²) in [5.41, 5.74) is 0.678. The lowest BCUT2D eigenvalue weighted by molar-refractivity contribution is -0.136. The van der Waals surface area contributed by atoms with Crippen molar-refractivity contribution in [1.29, 1.82) is 0 Å². The largest absolute Gasteiger partial charge is 0.481 e. The van der Waals surface area contributed by atoms with Gasteiger partial charge in [0, 0.05) is 4.70 Å². The lowest BCUT2D eigenvalue weighted by Gasteiger charge is -1.94. The molecule has 1 heterocycles. The molecule has 1 N–H and O–H groups in total. The smallest absolute Gasteiger partial charge is 0.307 e. The van der Waals surface area contributed by atoms with E-state index < -0.39 is 5.97 Å². The van der Waals surface area contributed by atoms with E-state index in [-0.39, 0.29) is 12.2 Å². The maximum Gasteiger partial charge on any atom is 0.307 e. The Bertz CT molecular complexity index is 490. The van der Waals surface area contributed by atoms with Gasteiger partial charge in [0.1, 0.15) is 5.82 Å².